The molecule has 0 atom stereocenters. The number of benzene rings is 1. The van der Waals surface area contributed by atoms with Crippen LogP contribution in [0.2, 0.25) is 0 Å². The third-order valence-corrected chi connectivity index (χ3v) is 2.55. The van der Waals surface area contributed by atoms with Crippen molar-refractivity contribution >= 4 is 12.6 Å². The van der Waals surface area contributed by atoms with Crippen LogP contribution in [-0.2, 0) is 0 Å². The first-order valence-electron chi connectivity index (χ1n) is 4.84. The SMILES string of the molecule is CC(C)c1cc(S)cc(C(C)C)c1. The highest BCUT2D eigenvalue weighted by atomic mass is 32.1. The zero-order valence-corrected chi connectivity index (χ0v) is 9.73. The normalized spacial score (nSPS) is 11.3. The zero-order chi connectivity index (χ0) is 10.0. The molecule has 0 radical (unpaired) electrons. The van der Waals surface area contributed by atoms with Gasteiger partial charge in [-0.15, -0.1) is 12.6 Å². The smallest absolute Gasteiger partial charge is 0.00456 e. The summed E-state index contributed by atoms with van der Waals surface area (Å²) in [6.45, 7) is 8.86. The first-order chi connectivity index (χ1) is 6.00. The van der Waals surface area contributed by atoms with Gasteiger partial charge in [-0.3, -0.25) is 0 Å². The van der Waals surface area contributed by atoms with Crippen molar-refractivity contribution in [2.45, 2.75) is 44.4 Å². The molecule has 0 fully saturated rings. The van der Waals surface area contributed by atoms with E-state index in [1.165, 1.54) is 11.1 Å². The molecule has 0 spiro atoms. The fourth-order valence-electron chi connectivity index (χ4n) is 1.33. The van der Waals surface area contributed by atoms with Crippen molar-refractivity contribution in [1.82, 2.24) is 0 Å². The average Bonchev–Trinajstić information content (AvgIpc) is 2.03. The Morgan fingerprint density at radius 3 is 1.54 bits per heavy atom. The minimum atomic E-state index is 0.588. The maximum atomic E-state index is 4.41. The molecule has 0 unspecified atom stereocenters. The van der Waals surface area contributed by atoms with Crippen molar-refractivity contribution in [3.63, 3.8) is 0 Å². The molecule has 72 valence electrons. The molecule has 0 heterocycles. The molecule has 0 amide bonds. The van der Waals surface area contributed by atoms with E-state index >= 15 is 0 Å². The largest absolute Gasteiger partial charge is 0.143 e. The number of hydrogen-bond donors (Lipinski definition) is 1. The van der Waals surface area contributed by atoms with Crippen molar-refractivity contribution in [1.29, 1.82) is 0 Å². The molecular formula is C12H18S. The van der Waals surface area contributed by atoms with Gasteiger partial charge in [-0.05, 0) is 35.1 Å². The van der Waals surface area contributed by atoms with Crippen LogP contribution in [0.5, 0.6) is 0 Å². The summed E-state index contributed by atoms with van der Waals surface area (Å²) in [7, 11) is 0. The van der Waals surface area contributed by atoms with Gasteiger partial charge in [0.15, 0.2) is 0 Å². The van der Waals surface area contributed by atoms with Crippen molar-refractivity contribution in [3.05, 3.63) is 29.3 Å². The summed E-state index contributed by atoms with van der Waals surface area (Å²) in [5, 5.41) is 0. The van der Waals surface area contributed by atoms with Crippen LogP contribution < -0.4 is 0 Å². The molecule has 0 saturated heterocycles. The predicted molar refractivity (Wildman–Crippen MR) is 61.9 cm³/mol. The zero-order valence-electron chi connectivity index (χ0n) is 8.83. The molecule has 0 N–H and O–H groups in total. The minimum absolute atomic E-state index is 0.588. The summed E-state index contributed by atoms with van der Waals surface area (Å²) in [4.78, 5) is 1.08. The van der Waals surface area contributed by atoms with E-state index in [9.17, 15) is 0 Å². The van der Waals surface area contributed by atoms with Gasteiger partial charge in [0.1, 0.15) is 0 Å². The van der Waals surface area contributed by atoms with Gasteiger partial charge < -0.3 is 0 Å². The molecule has 1 aromatic carbocycles. The number of hydrogen-bond acceptors (Lipinski definition) is 1. The highest BCUT2D eigenvalue weighted by Crippen LogP contribution is 2.24. The molecular weight excluding hydrogens is 176 g/mol. The number of rotatable bonds is 2. The van der Waals surface area contributed by atoms with E-state index in [1.54, 1.807) is 0 Å². The van der Waals surface area contributed by atoms with Crippen LogP contribution in [-0.4, -0.2) is 0 Å². The third kappa shape index (κ3) is 2.77. The van der Waals surface area contributed by atoms with Gasteiger partial charge in [0.05, 0.1) is 0 Å². The van der Waals surface area contributed by atoms with E-state index in [1.807, 2.05) is 0 Å². The first-order valence-corrected chi connectivity index (χ1v) is 5.29. The van der Waals surface area contributed by atoms with Crippen LogP contribution >= 0.6 is 12.6 Å². The second-order valence-electron chi connectivity index (χ2n) is 4.17. The minimum Gasteiger partial charge on any atom is -0.143 e. The number of thiol groups is 1. The molecule has 0 aliphatic carbocycles. The summed E-state index contributed by atoms with van der Waals surface area (Å²) >= 11 is 4.41. The van der Waals surface area contributed by atoms with E-state index in [2.05, 4.69) is 58.5 Å². The molecule has 0 aromatic heterocycles. The Balaban J connectivity index is 3.11. The van der Waals surface area contributed by atoms with Gasteiger partial charge in [-0.2, -0.15) is 0 Å². The maximum Gasteiger partial charge on any atom is 0.00456 e. The van der Waals surface area contributed by atoms with Gasteiger partial charge in [-0.25, -0.2) is 0 Å². The van der Waals surface area contributed by atoms with Crippen LogP contribution in [0.4, 0.5) is 0 Å². The van der Waals surface area contributed by atoms with Crippen LogP contribution in [0.1, 0.15) is 50.7 Å². The lowest BCUT2D eigenvalue weighted by molar-refractivity contribution is 0.827. The lowest BCUT2D eigenvalue weighted by Gasteiger charge is -2.12. The molecule has 0 bridgehead atoms. The molecule has 0 nitrogen and oxygen atoms in total. The molecule has 0 aliphatic rings. The highest BCUT2D eigenvalue weighted by Gasteiger charge is 2.05. The lowest BCUT2D eigenvalue weighted by atomic mass is 9.96. The Kier molecular flexibility index (Phi) is 3.43. The van der Waals surface area contributed by atoms with Crippen LogP contribution in [0, 0.1) is 0 Å². The fraction of sp³-hybridized carbons (Fsp3) is 0.500. The van der Waals surface area contributed by atoms with E-state index in [-0.39, 0.29) is 0 Å². The summed E-state index contributed by atoms with van der Waals surface area (Å²) in [5.74, 6) is 1.18. The fourth-order valence-corrected chi connectivity index (χ4v) is 1.62. The topological polar surface area (TPSA) is 0 Å². The molecule has 1 heteroatoms. The van der Waals surface area contributed by atoms with Crippen molar-refractivity contribution < 1.29 is 0 Å². The monoisotopic (exact) mass is 194 g/mol. The Hall–Kier alpha value is -0.430. The Bertz CT molecular complexity index is 261. The van der Waals surface area contributed by atoms with Crippen molar-refractivity contribution in [2.75, 3.05) is 0 Å². The molecule has 13 heavy (non-hydrogen) atoms. The Labute approximate surface area is 86.8 Å². The maximum absolute atomic E-state index is 4.41. The van der Waals surface area contributed by atoms with E-state index in [4.69, 9.17) is 0 Å². The van der Waals surface area contributed by atoms with Gasteiger partial charge in [0.25, 0.3) is 0 Å². The highest BCUT2D eigenvalue weighted by molar-refractivity contribution is 7.80. The van der Waals surface area contributed by atoms with Gasteiger partial charge in [-0.1, -0.05) is 33.8 Å². The molecule has 0 saturated carbocycles. The Morgan fingerprint density at radius 1 is 0.846 bits per heavy atom. The first kappa shape index (κ1) is 10.6. The molecule has 1 aromatic rings. The summed E-state index contributed by atoms with van der Waals surface area (Å²) in [6, 6.07) is 6.59. The lowest BCUT2D eigenvalue weighted by Crippen LogP contribution is -1.93. The second kappa shape index (κ2) is 4.19. The van der Waals surface area contributed by atoms with Crippen LogP contribution in [0.3, 0.4) is 0 Å². The summed E-state index contributed by atoms with van der Waals surface area (Å²) in [6.07, 6.45) is 0. The van der Waals surface area contributed by atoms with Crippen LogP contribution in [0.15, 0.2) is 23.1 Å². The van der Waals surface area contributed by atoms with Crippen LogP contribution in [0.25, 0.3) is 0 Å². The van der Waals surface area contributed by atoms with Crippen molar-refractivity contribution in [2.24, 2.45) is 0 Å². The molecule has 0 aliphatic heterocycles. The standard InChI is InChI=1S/C12H18S/c1-8(2)10-5-11(9(3)4)7-12(13)6-10/h5-9,13H,1-4H3. The predicted octanol–water partition coefficient (Wildman–Crippen LogP) is 4.22. The molecule has 1 rings (SSSR count). The van der Waals surface area contributed by atoms with Gasteiger partial charge in [0.2, 0.25) is 0 Å². The van der Waals surface area contributed by atoms with E-state index < -0.39 is 0 Å². The van der Waals surface area contributed by atoms with E-state index in [0.29, 0.717) is 11.8 Å². The second-order valence-corrected chi connectivity index (χ2v) is 4.68. The van der Waals surface area contributed by atoms with Crippen molar-refractivity contribution in [3.8, 4) is 0 Å². The van der Waals surface area contributed by atoms with Gasteiger partial charge in [0, 0.05) is 4.90 Å². The van der Waals surface area contributed by atoms with Gasteiger partial charge >= 0.3 is 0 Å². The summed E-state index contributed by atoms with van der Waals surface area (Å²) < 4.78 is 0. The summed E-state index contributed by atoms with van der Waals surface area (Å²) in [5.41, 5.74) is 2.77. The quantitative estimate of drug-likeness (QED) is 0.669. The van der Waals surface area contributed by atoms with E-state index in [0.717, 1.165) is 4.90 Å². The average molecular weight is 194 g/mol. The Morgan fingerprint density at radius 2 is 1.23 bits per heavy atom. The third-order valence-electron chi connectivity index (χ3n) is 2.30.